The number of β-amino-alcohol motifs (C(OH)–C–C–N with tert-alkyl or cyclic N) is 1. The minimum Gasteiger partial charge on any atom is -0.387 e. The molecule has 1 rings (SSSR count). The number of aliphatic hydroxyl groups is 1. The van der Waals surface area contributed by atoms with E-state index in [0.717, 1.165) is 0 Å². The van der Waals surface area contributed by atoms with Crippen molar-refractivity contribution >= 4 is 11.6 Å². The second-order valence-electron chi connectivity index (χ2n) is 5.66. The lowest BCUT2D eigenvalue weighted by Crippen LogP contribution is -2.38. The Morgan fingerprint density at radius 2 is 1.90 bits per heavy atom. The van der Waals surface area contributed by atoms with Crippen LogP contribution < -0.4 is 10.6 Å². The van der Waals surface area contributed by atoms with Gasteiger partial charge in [0.05, 0.1) is 11.8 Å². The zero-order chi connectivity index (χ0) is 15.5. The lowest BCUT2D eigenvalue weighted by molar-refractivity contribution is -0.114. The Bertz CT molecular complexity index is 499. The minimum atomic E-state index is -1.17. The monoisotopic (exact) mass is 286 g/mol. The van der Waals surface area contributed by atoms with E-state index < -0.39 is 23.6 Å². The molecule has 0 radical (unpaired) electrons. The number of aliphatic hydroxyl groups excluding tert-OH is 1. The third kappa shape index (κ3) is 4.54. The van der Waals surface area contributed by atoms with Gasteiger partial charge >= 0.3 is 0 Å². The van der Waals surface area contributed by atoms with Gasteiger partial charge in [-0.15, -0.1) is 0 Å². The van der Waals surface area contributed by atoms with Gasteiger partial charge in [-0.1, -0.05) is 6.07 Å². The predicted octanol–water partition coefficient (Wildman–Crippen LogP) is 2.34. The summed E-state index contributed by atoms with van der Waals surface area (Å²) < 4.78 is 27.6. The third-order valence-electron chi connectivity index (χ3n) is 2.61. The number of carbonyl (C=O) groups is 1. The number of halogens is 2. The maximum Gasteiger partial charge on any atom is 0.221 e. The molecule has 0 fully saturated rings. The minimum absolute atomic E-state index is 0.0966. The fourth-order valence-corrected chi connectivity index (χ4v) is 1.62. The van der Waals surface area contributed by atoms with Gasteiger partial charge in [-0.05, 0) is 26.8 Å². The number of benzene rings is 1. The van der Waals surface area contributed by atoms with E-state index in [-0.39, 0.29) is 23.3 Å². The molecule has 0 saturated heterocycles. The Balaban J connectivity index is 2.91. The summed E-state index contributed by atoms with van der Waals surface area (Å²) in [5, 5.41) is 15.1. The Morgan fingerprint density at radius 3 is 2.40 bits per heavy atom. The summed E-state index contributed by atoms with van der Waals surface area (Å²) in [7, 11) is 0. The van der Waals surface area contributed by atoms with E-state index in [1.54, 1.807) is 0 Å². The summed E-state index contributed by atoms with van der Waals surface area (Å²) in [4.78, 5) is 10.8. The van der Waals surface area contributed by atoms with Crippen LogP contribution >= 0.6 is 0 Å². The standard InChI is InChI=1S/C14H20F2N2O2/c1-8(19)18-10-6-5-9(12(15)13(10)16)11(20)7-17-14(2,3)4/h5-6,11,17,20H,7H2,1-4H3,(H,18,19). The largest absolute Gasteiger partial charge is 0.387 e. The molecule has 6 heteroatoms. The van der Waals surface area contributed by atoms with Crippen LogP contribution in [0.25, 0.3) is 0 Å². The predicted molar refractivity (Wildman–Crippen MR) is 73.4 cm³/mol. The Labute approximate surface area is 117 Å². The van der Waals surface area contributed by atoms with Crippen molar-refractivity contribution in [1.29, 1.82) is 0 Å². The fraction of sp³-hybridized carbons (Fsp3) is 0.500. The van der Waals surface area contributed by atoms with Crippen LogP contribution in [0, 0.1) is 11.6 Å². The summed E-state index contributed by atoms with van der Waals surface area (Å²) in [6.07, 6.45) is -1.17. The third-order valence-corrected chi connectivity index (χ3v) is 2.61. The van der Waals surface area contributed by atoms with E-state index in [4.69, 9.17) is 0 Å². The Hall–Kier alpha value is -1.53. The van der Waals surface area contributed by atoms with Crippen molar-refractivity contribution in [2.24, 2.45) is 0 Å². The number of hydrogen-bond acceptors (Lipinski definition) is 3. The average molecular weight is 286 g/mol. The quantitative estimate of drug-likeness (QED) is 0.796. The molecular weight excluding hydrogens is 266 g/mol. The van der Waals surface area contributed by atoms with Gasteiger partial charge in [0.2, 0.25) is 5.91 Å². The Kier molecular flexibility index (Phi) is 5.19. The van der Waals surface area contributed by atoms with Crippen LogP contribution in [0.15, 0.2) is 12.1 Å². The van der Waals surface area contributed by atoms with Crippen LogP contribution in [0.1, 0.15) is 39.4 Å². The van der Waals surface area contributed by atoms with Crippen molar-refractivity contribution in [3.8, 4) is 0 Å². The lowest BCUT2D eigenvalue weighted by Gasteiger charge is -2.23. The maximum absolute atomic E-state index is 13.9. The van der Waals surface area contributed by atoms with Crippen molar-refractivity contribution in [3.63, 3.8) is 0 Å². The molecule has 20 heavy (non-hydrogen) atoms. The molecule has 0 heterocycles. The van der Waals surface area contributed by atoms with Crippen LogP contribution in [0.2, 0.25) is 0 Å². The van der Waals surface area contributed by atoms with Gasteiger partial charge < -0.3 is 15.7 Å². The van der Waals surface area contributed by atoms with E-state index >= 15 is 0 Å². The van der Waals surface area contributed by atoms with Gasteiger partial charge in [0.1, 0.15) is 0 Å². The van der Waals surface area contributed by atoms with E-state index in [1.807, 2.05) is 20.8 Å². The van der Waals surface area contributed by atoms with Gasteiger partial charge in [0, 0.05) is 24.6 Å². The number of amides is 1. The highest BCUT2D eigenvalue weighted by Crippen LogP contribution is 2.25. The summed E-state index contributed by atoms with van der Waals surface area (Å²) in [5.41, 5.74) is -0.630. The van der Waals surface area contributed by atoms with Gasteiger partial charge in [0.25, 0.3) is 0 Å². The highest BCUT2D eigenvalue weighted by Gasteiger charge is 2.21. The molecule has 1 aromatic carbocycles. The zero-order valence-electron chi connectivity index (χ0n) is 12.1. The number of hydrogen-bond donors (Lipinski definition) is 3. The molecule has 0 aliphatic heterocycles. The van der Waals surface area contributed by atoms with Crippen LogP contribution in [0.3, 0.4) is 0 Å². The number of nitrogens with one attached hydrogen (secondary N) is 2. The molecule has 0 aliphatic rings. The normalized spacial score (nSPS) is 13.2. The zero-order valence-corrected chi connectivity index (χ0v) is 12.1. The fourth-order valence-electron chi connectivity index (χ4n) is 1.62. The molecule has 1 amide bonds. The smallest absolute Gasteiger partial charge is 0.221 e. The van der Waals surface area contributed by atoms with Crippen molar-refractivity contribution in [2.45, 2.75) is 39.3 Å². The van der Waals surface area contributed by atoms with E-state index in [1.165, 1.54) is 19.1 Å². The number of rotatable bonds is 4. The summed E-state index contributed by atoms with van der Waals surface area (Å²) in [6.45, 7) is 7.00. The van der Waals surface area contributed by atoms with Gasteiger partial charge in [-0.2, -0.15) is 0 Å². The molecule has 0 bridgehead atoms. The van der Waals surface area contributed by atoms with Crippen molar-refractivity contribution in [2.75, 3.05) is 11.9 Å². The molecule has 0 saturated carbocycles. The van der Waals surface area contributed by atoms with Gasteiger partial charge in [-0.25, -0.2) is 8.78 Å². The molecule has 1 unspecified atom stereocenters. The van der Waals surface area contributed by atoms with Crippen LogP contribution in [-0.2, 0) is 4.79 Å². The molecule has 4 nitrogen and oxygen atoms in total. The molecule has 3 N–H and O–H groups in total. The van der Waals surface area contributed by atoms with Gasteiger partial charge in [-0.3, -0.25) is 4.79 Å². The first-order valence-electron chi connectivity index (χ1n) is 6.30. The van der Waals surface area contributed by atoms with Crippen LogP contribution in [0.4, 0.5) is 14.5 Å². The first kappa shape index (κ1) is 16.5. The molecule has 1 atom stereocenters. The summed E-state index contributed by atoms with van der Waals surface area (Å²) >= 11 is 0. The topological polar surface area (TPSA) is 61.4 Å². The second kappa shape index (κ2) is 6.28. The summed E-state index contributed by atoms with van der Waals surface area (Å²) in [5.74, 6) is -2.82. The average Bonchev–Trinajstić information content (AvgIpc) is 2.31. The van der Waals surface area contributed by atoms with Crippen LogP contribution in [-0.4, -0.2) is 23.1 Å². The highest BCUT2D eigenvalue weighted by molar-refractivity contribution is 5.88. The molecular formula is C14H20F2N2O2. The number of carbonyl (C=O) groups excluding carboxylic acids is 1. The highest BCUT2D eigenvalue weighted by atomic mass is 19.2. The van der Waals surface area contributed by atoms with E-state index in [2.05, 4.69) is 10.6 Å². The SMILES string of the molecule is CC(=O)Nc1ccc(C(O)CNC(C)(C)C)c(F)c1F. The maximum atomic E-state index is 13.9. The number of anilines is 1. The summed E-state index contributed by atoms with van der Waals surface area (Å²) in [6, 6.07) is 2.49. The van der Waals surface area contributed by atoms with Crippen molar-refractivity contribution in [1.82, 2.24) is 5.32 Å². The molecule has 1 aromatic rings. The molecule has 0 aromatic heterocycles. The lowest BCUT2D eigenvalue weighted by atomic mass is 10.0. The van der Waals surface area contributed by atoms with Crippen LogP contribution in [0.5, 0.6) is 0 Å². The second-order valence-corrected chi connectivity index (χ2v) is 5.66. The molecule has 0 aliphatic carbocycles. The Morgan fingerprint density at radius 1 is 1.30 bits per heavy atom. The van der Waals surface area contributed by atoms with Crippen molar-refractivity contribution in [3.05, 3.63) is 29.3 Å². The van der Waals surface area contributed by atoms with E-state index in [9.17, 15) is 18.7 Å². The molecule has 0 spiro atoms. The molecule has 112 valence electrons. The van der Waals surface area contributed by atoms with E-state index in [0.29, 0.717) is 0 Å². The van der Waals surface area contributed by atoms with Gasteiger partial charge in [0.15, 0.2) is 11.6 Å². The first-order chi connectivity index (χ1) is 9.11. The van der Waals surface area contributed by atoms with Crippen molar-refractivity contribution < 1.29 is 18.7 Å². The first-order valence-corrected chi connectivity index (χ1v) is 6.30.